The van der Waals surface area contributed by atoms with Gasteiger partial charge in [0.1, 0.15) is 0 Å². The van der Waals surface area contributed by atoms with E-state index in [1.807, 2.05) is 43.0 Å². The Balaban J connectivity index is 2.11. The lowest BCUT2D eigenvalue weighted by molar-refractivity contribution is -0.120. The number of piperidine rings is 1. The highest BCUT2D eigenvalue weighted by molar-refractivity contribution is 5.96. The second-order valence-corrected chi connectivity index (χ2v) is 5.35. The summed E-state index contributed by atoms with van der Waals surface area (Å²) in [6, 6.07) is 7.53. The maximum Gasteiger partial charge on any atom is 0.227 e. The van der Waals surface area contributed by atoms with Crippen LogP contribution in [-0.4, -0.2) is 18.4 Å². The molecule has 0 spiro atoms. The lowest BCUT2D eigenvalue weighted by Gasteiger charge is -2.27. The predicted molar refractivity (Wildman–Crippen MR) is 80.7 cm³/mol. The Labute approximate surface area is 120 Å². The Kier molecular flexibility index (Phi) is 4.77. The molecule has 20 heavy (non-hydrogen) atoms. The Hall–Kier alpha value is -1.84. The first-order valence-corrected chi connectivity index (χ1v) is 7.33. The second-order valence-electron chi connectivity index (χ2n) is 5.35. The van der Waals surface area contributed by atoms with Crippen molar-refractivity contribution in [2.75, 3.05) is 16.8 Å². The molecule has 1 unspecified atom stereocenters. The van der Waals surface area contributed by atoms with Gasteiger partial charge in [-0.25, -0.2) is 0 Å². The number of amides is 2. The van der Waals surface area contributed by atoms with Crippen LogP contribution in [0.4, 0.5) is 11.4 Å². The highest BCUT2D eigenvalue weighted by Crippen LogP contribution is 2.24. The average molecular weight is 274 g/mol. The van der Waals surface area contributed by atoms with Gasteiger partial charge < -0.3 is 10.2 Å². The van der Waals surface area contributed by atoms with Gasteiger partial charge in [-0.15, -0.1) is 0 Å². The summed E-state index contributed by atoms with van der Waals surface area (Å²) in [5.74, 6) is 0.187. The van der Waals surface area contributed by atoms with E-state index in [1.54, 1.807) is 0 Å². The standard InChI is InChI=1S/C16H22N2O2/c1-3-12(2)16(20)17-13-7-6-8-14(11-13)18-10-5-4-9-15(18)19/h6-8,11-12H,3-5,9-10H2,1-2H3,(H,17,20). The number of rotatable bonds is 4. The van der Waals surface area contributed by atoms with Crippen molar-refractivity contribution >= 4 is 23.2 Å². The van der Waals surface area contributed by atoms with Crippen LogP contribution < -0.4 is 10.2 Å². The fourth-order valence-corrected chi connectivity index (χ4v) is 2.28. The van der Waals surface area contributed by atoms with Gasteiger partial charge in [0, 0.05) is 30.3 Å². The molecule has 0 aromatic heterocycles. The van der Waals surface area contributed by atoms with Crippen LogP contribution in [-0.2, 0) is 9.59 Å². The molecule has 2 amide bonds. The third-order valence-electron chi connectivity index (χ3n) is 3.81. The van der Waals surface area contributed by atoms with Gasteiger partial charge in [0.05, 0.1) is 0 Å². The van der Waals surface area contributed by atoms with Crippen molar-refractivity contribution < 1.29 is 9.59 Å². The van der Waals surface area contributed by atoms with Crippen LogP contribution in [0.2, 0.25) is 0 Å². The molecule has 0 bridgehead atoms. The molecule has 1 saturated heterocycles. The van der Waals surface area contributed by atoms with E-state index in [4.69, 9.17) is 0 Å². The summed E-state index contributed by atoms with van der Waals surface area (Å²) >= 11 is 0. The zero-order valence-electron chi connectivity index (χ0n) is 12.2. The molecule has 2 rings (SSSR count). The Morgan fingerprint density at radius 1 is 1.40 bits per heavy atom. The van der Waals surface area contributed by atoms with E-state index in [2.05, 4.69) is 5.32 Å². The van der Waals surface area contributed by atoms with E-state index in [9.17, 15) is 9.59 Å². The molecular weight excluding hydrogens is 252 g/mol. The van der Waals surface area contributed by atoms with E-state index >= 15 is 0 Å². The van der Waals surface area contributed by atoms with Crippen molar-refractivity contribution in [2.24, 2.45) is 5.92 Å². The molecule has 1 atom stereocenters. The SMILES string of the molecule is CCC(C)C(=O)Nc1cccc(N2CCCCC2=O)c1. The van der Waals surface area contributed by atoms with Gasteiger partial charge in [0.15, 0.2) is 0 Å². The molecule has 4 heteroatoms. The third kappa shape index (κ3) is 3.38. The van der Waals surface area contributed by atoms with E-state index in [1.165, 1.54) is 0 Å². The third-order valence-corrected chi connectivity index (χ3v) is 3.81. The zero-order valence-corrected chi connectivity index (χ0v) is 12.2. The first kappa shape index (κ1) is 14.6. The summed E-state index contributed by atoms with van der Waals surface area (Å²) < 4.78 is 0. The number of hydrogen-bond donors (Lipinski definition) is 1. The lowest BCUT2D eigenvalue weighted by Crippen LogP contribution is -2.35. The summed E-state index contributed by atoms with van der Waals surface area (Å²) in [6.07, 6.45) is 3.44. The molecule has 1 heterocycles. The molecule has 0 saturated carbocycles. The molecule has 1 aromatic carbocycles. The molecule has 0 aliphatic carbocycles. The minimum Gasteiger partial charge on any atom is -0.326 e. The van der Waals surface area contributed by atoms with Crippen LogP contribution >= 0.6 is 0 Å². The van der Waals surface area contributed by atoms with Crippen molar-refractivity contribution in [3.05, 3.63) is 24.3 Å². The average Bonchev–Trinajstić information content (AvgIpc) is 2.47. The summed E-state index contributed by atoms with van der Waals surface area (Å²) in [4.78, 5) is 25.6. The molecule has 1 fully saturated rings. The van der Waals surface area contributed by atoms with Gasteiger partial charge in [-0.1, -0.05) is 19.9 Å². The Morgan fingerprint density at radius 3 is 2.90 bits per heavy atom. The number of carbonyl (C=O) groups excluding carboxylic acids is 2. The van der Waals surface area contributed by atoms with Crippen LogP contribution in [0, 0.1) is 5.92 Å². The minimum absolute atomic E-state index is 0.00438. The molecule has 4 nitrogen and oxygen atoms in total. The van der Waals surface area contributed by atoms with Gasteiger partial charge in [-0.2, -0.15) is 0 Å². The first-order chi connectivity index (χ1) is 9.61. The number of hydrogen-bond acceptors (Lipinski definition) is 2. The second kappa shape index (κ2) is 6.55. The molecule has 1 aromatic rings. The minimum atomic E-state index is -0.00438. The molecular formula is C16H22N2O2. The summed E-state index contributed by atoms with van der Waals surface area (Å²) in [5.41, 5.74) is 1.63. The zero-order chi connectivity index (χ0) is 14.5. The first-order valence-electron chi connectivity index (χ1n) is 7.33. The Bertz CT molecular complexity index is 499. The van der Waals surface area contributed by atoms with Crippen LogP contribution in [0.1, 0.15) is 39.5 Å². The maximum atomic E-state index is 11.9. The van der Waals surface area contributed by atoms with E-state index in [0.717, 1.165) is 37.2 Å². The van der Waals surface area contributed by atoms with Crippen molar-refractivity contribution in [1.82, 2.24) is 0 Å². The van der Waals surface area contributed by atoms with Gasteiger partial charge in [-0.3, -0.25) is 9.59 Å². The van der Waals surface area contributed by atoms with Crippen LogP contribution in [0.3, 0.4) is 0 Å². The predicted octanol–water partition coefficient (Wildman–Crippen LogP) is 3.19. The van der Waals surface area contributed by atoms with Crippen LogP contribution in [0.5, 0.6) is 0 Å². The quantitative estimate of drug-likeness (QED) is 0.916. The maximum absolute atomic E-state index is 11.9. The highest BCUT2D eigenvalue weighted by Gasteiger charge is 2.20. The number of benzene rings is 1. The molecule has 1 aliphatic heterocycles. The van der Waals surface area contributed by atoms with Crippen molar-refractivity contribution in [2.45, 2.75) is 39.5 Å². The van der Waals surface area contributed by atoms with Crippen LogP contribution in [0.15, 0.2) is 24.3 Å². The van der Waals surface area contributed by atoms with Gasteiger partial charge in [0.2, 0.25) is 11.8 Å². The van der Waals surface area contributed by atoms with Crippen molar-refractivity contribution in [1.29, 1.82) is 0 Å². The number of carbonyl (C=O) groups is 2. The molecule has 1 aliphatic rings. The van der Waals surface area contributed by atoms with E-state index in [-0.39, 0.29) is 17.7 Å². The number of anilines is 2. The van der Waals surface area contributed by atoms with Crippen molar-refractivity contribution in [3.8, 4) is 0 Å². The fraction of sp³-hybridized carbons (Fsp3) is 0.500. The van der Waals surface area contributed by atoms with E-state index in [0.29, 0.717) is 6.42 Å². The van der Waals surface area contributed by atoms with Crippen LogP contribution in [0.25, 0.3) is 0 Å². The van der Waals surface area contributed by atoms with Gasteiger partial charge in [0.25, 0.3) is 0 Å². The fourth-order valence-electron chi connectivity index (χ4n) is 2.28. The Morgan fingerprint density at radius 2 is 2.20 bits per heavy atom. The van der Waals surface area contributed by atoms with Gasteiger partial charge in [-0.05, 0) is 37.5 Å². The van der Waals surface area contributed by atoms with E-state index < -0.39 is 0 Å². The molecule has 1 N–H and O–H groups in total. The van der Waals surface area contributed by atoms with Crippen molar-refractivity contribution in [3.63, 3.8) is 0 Å². The lowest BCUT2D eigenvalue weighted by atomic mass is 10.1. The molecule has 0 radical (unpaired) electrons. The summed E-state index contributed by atoms with van der Waals surface area (Å²) in [6.45, 7) is 4.67. The number of nitrogens with zero attached hydrogens (tertiary/aromatic N) is 1. The highest BCUT2D eigenvalue weighted by atomic mass is 16.2. The summed E-state index contributed by atoms with van der Waals surface area (Å²) in [5, 5.41) is 2.91. The largest absolute Gasteiger partial charge is 0.326 e. The molecule has 108 valence electrons. The normalized spacial score (nSPS) is 16.9. The number of nitrogens with one attached hydrogen (secondary N) is 1. The van der Waals surface area contributed by atoms with Gasteiger partial charge >= 0.3 is 0 Å². The monoisotopic (exact) mass is 274 g/mol. The smallest absolute Gasteiger partial charge is 0.227 e. The summed E-state index contributed by atoms with van der Waals surface area (Å²) in [7, 11) is 0. The topological polar surface area (TPSA) is 49.4 Å².